The topological polar surface area (TPSA) is 56.1 Å². The molecule has 0 saturated heterocycles. The molecule has 0 fully saturated rings. The van der Waals surface area contributed by atoms with Gasteiger partial charge >= 0.3 is 0 Å². The number of carbonyl (C=O) groups excluding carboxylic acids is 1. The minimum atomic E-state index is -0.302. The second-order valence-corrected chi connectivity index (χ2v) is 7.03. The quantitative estimate of drug-likeness (QED) is 0.452. The Hall–Kier alpha value is -3.02. The summed E-state index contributed by atoms with van der Waals surface area (Å²) in [6.45, 7) is 0. The summed E-state index contributed by atoms with van der Waals surface area (Å²) in [5.74, 6) is 0.824. The van der Waals surface area contributed by atoms with E-state index in [4.69, 9.17) is 27.9 Å². The van der Waals surface area contributed by atoms with Gasteiger partial charge in [0.2, 0.25) is 5.88 Å². The molecule has 0 atom stereocenters. The van der Waals surface area contributed by atoms with Gasteiger partial charge in [-0.05, 0) is 48.5 Å². The van der Waals surface area contributed by atoms with Crippen LogP contribution < -0.4 is 10.1 Å². The Labute approximate surface area is 171 Å². The molecule has 4 rings (SSSR count). The van der Waals surface area contributed by atoms with Crippen LogP contribution in [0.2, 0.25) is 10.0 Å². The number of ether oxygens (including phenoxy) is 1. The molecule has 2 aromatic carbocycles. The number of fused-ring (bicyclic) bond motifs is 1. The smallest absolute Gasteiger partial charge is 0.255 e. The molecular formula is C21H15Cl2N3O2. The fraction of sp³-hybridized carbons (Fsp3) is 0.0476. The van der Waals surface area contributed by atoms with Crippen molar-refractivity contribution in [1.29, 1.82) is 0 Å². The number of rotatable bonds is 4. The first kappa shape index (κ1) is 18.3. The number of aryl methyl sites for hydroxylation is 1. The lowest BCUT2D eigenvalue weighted by molar-refractivity contribution is 0.102. The van der Waals surface area contributed by atoms with E-state index in [-0.39, 0.29) is 5.91 Å². The first-order chi connectivity index (χ1) is 13.5. The summed E-state index contributed by atoms with van der Waals surface area (Å²) >= 11 is 11.8. The third-order valence-corrected chi connectivity index (χ3v) is 4.99. The molecule has 0 saturated carbocycles. The van der Waals surface area contributed by atoms with E-state index in [2.05, 4.69) is 10.3 Å². The van der Waals surface area contributed by atoms with E-state index in [9.17, 15) is 4.79 Å². The number of carbonyl (C=O) groups is 1. The van der Waals surface area contributed by atoms with Gasteiger partial charge in [-0.15, -0.1) is 0 Å². The van der Waals surface area contributed by atoms with E-state index in [0.717, 1.165) is 10.9 Å². The number of amides is 1. The third kappa shape index (κ3) is 3.81. The lowest BCUT2D eigenvalue weighted by Gasteiger charge is -2.08. The van der Waals surface area contributed by atoms with Crippen LogP contribution in [0.15, 0.2) is 67.0 Å². The van der Waals surface area contributed by atoms with Crippen LogP contribution in [0, 0.1) is 0 Å². The van der Waals surface area contributed by atoms with Gasteiger partial charge in [0.15, 0.2) is 0 Å². The fourth-order valence-corrected chi connectivity index (χ4v) is 3.10. The molecule has 0 unspecified atom stereocenters. The van der Waals surface area contributed by atoms with Gasteiger partial charge in [-0.25, -0.2) is 4.98 Å². The van der Waals surface area contributed by atoms with E-state index < -0.39 is 0 Å². The van der Waals surface area contributed by atoms with Crippen molar-refractivity contribution in [3.05, 3.63) is 82.6 Å². The third-order valence-electron chi connectivity index (χ3n) is 4.26. The first-order valence-electron chi connectivity index (χ1n) is 8.45. The van der Waals surface area contributed by atoms with Crippen LogP contribution in [0.4, 0.5) is 5.69 Å². The van der Waals surface area contributed by atoms with Gasteiger partial charge in [-0.3, -0.25) is 4.79 Å². The molecule has 7 heteroatoms. The molecular weight excluding hydrogens is 397 g/mol. The summed E-state index contributed by atoms with van der Waals surface area (Å²) in [5.41, 5.74) is 2.08. The summed E-state index contributed by atoms with van der Waals surface area (Å²) in [4.78, 5) is 16.6. The number of pyridine rings is 1. The van der Waals surface area contributed by atoms with Crippen LogP contribution in [0.25, 0.3) is 10.9 Å². The summed E-state index contributed by atoms with van der Waals surface area (Å²) in [5, 5.41) is 4.57. The predicted molar refractivity (Wildman–Crippen MR) is 112 cm³/mol. The summed E-state index contributed by atoms with van der Waals surface area (Å²) in [6, 6.07) is 16.0. The highest BCUT2D eigenvalue weighted by Crippen LogP contribution is 2.26. The zero-order chi connectivity index (χ0) is 19.7. The van der Waals surface area contributed by atoms with Crippen LogP contribution in [0.5, 0.6) is 11.6 Å². The van der Waals surface area contributed by atoms with Crippen LogP contribution in [0.1, 0.15) is 10.4 Å². The average molecular weight is 412 g/mol. The minimum Gasteiger partial charge on any atom is -0.439 e. The highest BCUT2D eigenvalue weighted by atomic mass is 35.5. The van der Waals surface area contributed by atoms with Gasteiger partial charge in [0, 0.05) is 35.8 Å². The first-order valence-corrected chi connectivity index (χ1v) is 9.20. The van der Waals surface area contributed by atoms with Crippen molar-refractivity contribution in [1.82, 2.24) is 9.55 Å². The molecule has 1 N–H and O–H groups in total. The Morgan fingerprint density at radius 1 is 1.04 bits per heavy atom. The maximum atomic E-state index is 12.3. The fourth-order valence-electron chi connectivity index (χ4n) is 2.80. The lowest BCUT2D eigenvalue weighted by atomic mass is 10.2. The maximum Gasteiger partial charge on any atom is 0.255 e. The van der Waals surface area contributed by atoms with E-state index in [1.807, 2.05) is 42.1 Å². The van der Waals surface area contributed by atoms with E-state index in [1.165, 1.54) is 12.3 Å². The van der Waals surface area contributed by atoms with E-state index >= 15 is 0 Å². The van der Waals surface area contributed by atoms with Crippen LogP contribution >= 0.6 is 23.2 Å². The molecule has 0 aliphatic carbocycles. The van der Waals surface area contributed by atoms with Crippen molar-refractivity contribution >= 4 is 45.7 Å². The maximum absolute atomic E-state index is 12.3. The summed E-state index contributed by atoms with van der Waals surface area (Å²) < 4.78 is 7.85. The standard InChI is InChI=1S/C21H15Cl2N3O2/c1-26-9-8-13-10-16(4-6-19(13)26)28-20-7-3-15(12-24-20)25-21(27)14-2-5-17(22)18(23)11-14/h2-12H,1H3,(H,25,27). The molecule has 28 heavy (non-hydrogen) atoms. The monoisotopic (exact) mass is 411 g/mol. The van der Waals surface area contributed by atoms with Gasteiger partial charge in [0.05, 0.1) is 21.9 Å². The van der Waals surface area contributed by atoms with Gasteiger partial charge in [-0.1, -0.05) is 23.2 Å². The lowest BCUT2D eigenvalue weighted by Crippen LogP contribution is -2.12. The van der Waals surface area contributed by atoms with Gasteiger partial charge in [-0.2, -0.15) is 0 Å². The molecule has 0 aliphatic rings. The SMILES string of the molecule is Cn1ccc2cc(Oc3ccc(NC(=O)c4ccc(Cl)c(Cl)c4)cn3)ccc21. The largest absolute Gasteiger partial charge is 0.439 e. The molecule has 0 radical (unpaired) electrons. The van der Waals surface area contributed by atoms with Crippen molar-refractivity contribution < 1.29 is 9.53 Å². The van der Waals surface area contributed by atoms with Crippen molar-refractivity contribution in [2.24, 2.45) is 7.05 Å². The molecule has 1 amide bonds. The Bertz CT molecular complexity index is 1170. The molecule has 4 aromatic rings. The van der Waals surface area contributed by atoms with Crippen molar-refractivity contribution in [3.8, 4) is 11.6 Å². The van der Waals surface area contributed by atoms with Crippen LogP contribution in [-0.2, 0) is 7.05 Å². The summed E-state index contributed by atoms with van der Waals surface area (Å²) in [6.07, 6.45) is 3.53. The normalized spacial score (nSPS) is 10.8. The van der Waals surface area contributed by atoms with Crippen molar-refractivity contribution in [2.45, 2.75) is 0 Å². The second kappa shape index (κ2) is 7.54. The molecule has 0 aliphatic heterocycles. The number of anilines is 1. The number of benzene rings is 2. The molecule has 140 valence electrons. The van der Waals surface area contributed by atoms with Gasteiger partial charge in [0.1, 0.15) is 5.75 Å². The Balaban J connectivity index is 1.45. The number of aromatic nitrogens is 2. The summed E-state index contributed by atoms with van der Waals surface area (Å²) in [7, 11) is 2.00. The number of nitrogens with zero attached hydrogens (tertiary/aromatic N) is 2. The molecule has 2 aromatic heterocycles. The number of hydrogen-bond donors (Lipinski definition) is 1. The van der Waals surface area contributed by atoms with E-state index in [0.29, 0.717) is 32.9 Å². The zero-order valence-electron chi connectivity index (χ0n) is 14.8. The van der Waals surface area contributed by atoms with Gasteiger partial charge in [0.25, 0.3) is 5.91 Å². The Morgan fingerprint density at radius 2 is 1.89 bits per heavy atom. The Kier molecular flexibility index (Phi) is 4.94. The number of halogens is 2. The highest BCUT2D eigenvalue weighted by molar-refractivity contribution is 6.42. The molecule has 5 nitrogen and oxygen atoms in total. The molecule has 0 spiro atoms. The van der Waals surface area contributed by atoms with Crippen LogP contribution in [-0.4, -0.2) is 15.5 Å². The van der Waals surface area contributed by atoms with Crippen LogP contribution in [0.3, 0.4) is 0 Å². The average Bonchev–Trinajstić information content (AvgIpc) is 3.06. The second-order valence-electron chi connectivity index (χ2n) is 6.22. The van der Waals surface area contributed by atoms with E-state index in [1.54, 1.807) is 24.3 Å². The Morgan fingerprint density at radius 3 is 2.64 bits per heavy atom. The van der Waals surface area contributed by atoms with Crippen molar-refractivity contribution in [3.63, 3.8) is 0 Å². The van der Waals surface area contributed by atoms with Gasteiger partial charge < -0.3 is 14.6 Å². The predicted octanol–water partition coefficient (Wildman–Crippen LogP) is 5.92. The molecule has 0 bridgehead atoms. The number of hydrogen-bond acceptors (Lipinski definition) is 3. The molecule has 2 heterocycles. The highest BCUT2D eigenvalue weighted by Gasteiger charge is 2.09. The van der Waals surface area contributed by atoms with Crippen molar-refractivity contribution in [2.75, 3.05) is 5.32 Å². The number of nitrogens with one attached hydrogen (secondary N) is 1. The zero-order valence-corrected chi connectivity index (χ0v) is 16.3. The minimum absolute atomic E-state index is 0.302.